The SMILES string of the molecule is CCCCCCCCCCC/C=C/COC(=O)CCCC(CCCC(=O)OC/C=C/CCCCCCCCCCC)N(CCCCO)CCCCCCC(=O)OCC(=O)C12OC(C)(C)OC1CC1C3CCC4=CC(=O)C=CC4(C)C3(F)C(O)CC12C. The standard InChI is InChI=1S/C72H118FNO12/c1-7-9-11-13-15-17-19-21-23-25-29-35-51-82-65(79)42-37-39-58(40-38-43-66(80)83-52-36-30-26-24-22-20-18-16-14-12-10-8-2)74(49-33-34-50-75)48-32-28-27-31-41-67(81)84-56-63(78)72-64(85-68(3,4)86-72)54-61-60-45-44-57-53-59(76)46-47-69(57,5)71(60,73)62(77)55-70(61,72)6/h29-30,35-36,46-47,53,58,60-62,64,75,77H,7-28,31-34,37-45,48-52,54-56H2,1-6H3/b35-29+,36-30+. The molecule has 490 valence electrons. The number of carbonyl (C=O) groups excluding carboxylic acids is 5. The minimum Gasteiger partial charge on any atom is -0.461 e. The average molecular weight is 1210 g/mol. The number of hydrogen-bond acceptors (Lipinski definition) is 13. The summed E-state index contributed by atoms with van der Waals surface area (Å²) in [7, 11) is 0. The Kier molecular flexibility index (Phi) is 32.5. The topological polar surface area (TPSA) is 175 Å². The molecule has 0 amide bonds. The molecule has 2 N–H and O–H groups in total. The van der Waals surface area contributed by atoms with Crippen LogP contribution in [-0.4, -0.2) is 119 Å². The first kappa shape index (κ1) is 73.2. The van der Waals surface area contributed by atoms with E-state index in [0.29, 0.717) is 63.4 Å². The van der Waals surface area contributed by atoms with E-state index in [-0.39, 0.29) is 62.3 Å². The van der Waals surface area contributed by atoms with E-state index in [1.807, 2.05) is 19.1 Å². The number of fused-ring (bicyclic) bond motifs is 7. The molecule has 14 heteroatoms. The summed E-state index contributed by atoms with van der Waals surface area (Å²) in [5.41, 5.74) is -5.18. The second kappa shape index (κ2) is 38.2. The minimum atomic E-state index is -2.08. The molecule has 0 radical (unpaired) electrons. The quantitative estimate of drug-likeness (QED) is 0.0255. The maximum atomic E-state index is 17.9. The molecule has 13 nitrogen and oxygen atoms in total. The fourth-order valence-electron chi connectivity index (χ4n) is 15.4. The number of unbranched alkanes of at least 4 members (excludes halogenated alkanes) is 22. The molecular formula is C72H118FNO12. The predicted octanol–water partition coefficient (Wildman–Crippen LogP) is 15.7. The Morgan fingerprint density at radius 2 is 1.16 bits per heavy atom. The highest BCUT2D eigenvalue weighted by atomic mass is 19.1. The van der Waals surface area contributed by atoms with Gasteiger partial charge in [0.1, 0.15) is 13.2 Å². The van der Waals surface area contributed by atoms with Crippen LogP contribution in [0.25, 0.3) is 0 Å². The summed E-state index contributed by atoms with van der Waals surface area (Å²) in [6.07, 6.45) is 45.0. The Balaban J connectivity index is 1.08. The van der Waals surface area contributed by atoms with E-state index >= 15 is 4.39 Å². The van der Waals surface area contributed by atoms with Crippen LogP contribution in [0.1, 0.15) is 279 Å². The van der Waals surface area contributed by atoms with Gasteiger partial charge in [-0.25, -0.2) is 4.39 Å². The third-order valence-corrected chi connectivity index (χ3v) is 20.2. The van der Waals surface area contributed by atoms with Gasteiger partial charge in [0.2, 0.25) is 5.78 Å². The van der Waals surface area contributed by atoms with Crippen LogP contribution in [0.2, 0.25) is 0 Å². The van der Waals surface area contributed by atoms with Gasteiger partial charge >= 0.3 is 17.9 Å². The van der Waals surface area contributed by atoms with Gasteiger partial charge in [0, 0.05) is 48.7 Å². The number of alkyl halides is 1. The van der Waals surface area contributed by atoms with Crippen molar-refractivity contribution in [3.8, 4) is 0 Å². The fourth-order valence-corrected chi connectivity index (χ4v) is 15.4. The van der Waals surface area contributed by atoms with Crippen molar-refractivity contribution in [1.82, 2.24) is 4.90 Å². The van der Waals surface area contributed by atoms with Gasteiger partial charge in [-0.15, -0.1) is 0 Å². The second-order valence-electron chi connectivity index (χ2n) is 27.0. The highest BCUT2D eigenvalue weighted by Crippen LogP contribution is 2.72. The molecule has 1 saturated heterocycles. The predicted molar refractivity (Wildman–Crippen MR) is 339 cm³/mol. The molecular weight excluding hydrogens is 1090 g/mol. The van der Waals surface area contributed by atoms with Crippen LogP contribution in [0.15, 0.2) is 48.1 Å². The number of esters is 3. The summed E-state index contributed by atoms with van der Waals surface area (Å²) in [4.78, 5) is 68.7. The summed E-state index contributed by atoms with van der Waals surface area (Å²) in [5, 5.41) is 21.7. The Morgan fingerprint density at radius 1 is 0.663 bits per heavy atom. The zero-order valence-electron chi connectivity index (χ0n) is 54.6. The first-order valence-electron chi connectivity index (χ1n) is 34.8. The maximum Gasteiger partial charge on any atom is 0.306 e. The van der Waals surface area contributed by atoms with Crippen molar-refractivity contribution in [2.45, 2.75) is 314 Å². The van der Waals surface area contributed by atoms with Crippen LogP contribution in [0.3, 0.4) is 0 Å². The van der Waals surface area contributed by atoms with Gasteiger partial charge in [0.05, 0.1) is 12.2 Å². The summed E-state index contributed by atoms with van der Waals surface area (Å²) >= 11 is 0. The van der Waals surface area contributed by atoms with Crippen molar-refractivity contribution in [3.63, 3.8) is 0 Å². The van der Waals surface area contributed by atoms with Gasteiger partial charge in [-0.1, -0.05) is 172 Å². The molecule has 5 rings (SSSR count). The molecule has 0 aromatic rings. The number of aliphatic hydroxyl groups excluding tert-OH is 2. The molecule has 1 heterocycles. The third kappa shape index (κ3) is 21.3. The lowest BCUT2D eigenvalue weighted by Gasteiger charge is -2.62. The third-order valence-electron chi connectivity index (χ3n) is 20.2. The van der Waals surface area contributed by atoms with Gasteiger partial charge in [0.25, 0.3) is 0 Å². The number of ether oxygens (including phenoxy) is 5. The number of rotatable bonds is 47. The summed E-state index contributed by atoms with van der Waals surface area (Å²) in [6.45, 7) is 13.4. The first-order valence-corrected chi connectivity index (χ1v) is 34.8. The summed E-state index contributed by atoms with van der Waals surface area (Å²) in [6, 6.07) is 0.110. The molecule has 0 bridgehead atoms. The lowest BCUT2D eigenvalue weighted by molar-refractivity contribution is -0.246. The van der Waals surface area contributed by atoms with E-state index in [1.54, 1.807) is 26.8 Å². The lowest BCUT2D eigenvalue weighted by atomic mass is 9.44. The van der Waals surface area contributed by atoms with Gasteiger partial charge in [0.15, 0.2) is 29.4 Å². The van der Waals surface area contributed by atoms with Gasteiger partial charge in [-0.3, -0.25) is 24.0 Å². The monoisotopic (exact) mass is 1210 g/mol. The largest absolute Gasteiger partial charge is 0.461 e. The zero-order valence-corrected chi connectivity index (χ0v) is 54.6. The molecule has 4 fully saturated rings. The molecule has 4 aliphatic carbocycles. The van der Waals surface area contributed by atoms with E-state index in [9.17, 15) is 34.2 Å². The summed E-state index contributed by atoms with van der Waals surface area (Å²) < 4.78 is 47.9. The molecule has 1 aliphatic heterocycles. The van der Waals surface area contributed by atoms with Crippen LogP contribution >= 0.6 is 0 Å². The highest BCUT2D eigenvalue weighted by Gasteiger charge is 2.80. The Morgan fingerprint density at radius 3 is 1.72 bits per heavy atom. The first-order chi connectivity index (χ1) is 41.4. The molecule has 0 spiro atoms. The molecule has 0 aromatic heterocycles. The molecule has 8 unspecified atom stereocenters. The number of hydrogen-bond donors (Lipinski definition) is 2. The van der Waals surface area contributed by atoms with E-state index in [2.05, 4.69) is 30.9 Å². The van der Waals surface area contributed by atoms with Crippen LogP contribution in [0.4, 0.5) is 4.39 Å². The maximum absolute atomic E-state index is 17.9. The normalized spacial score (nSPS) is 26.5. The number of allylic oxidation sites excluding steroid dienone is 6. The van der Waals surface area contributed by atoms with E-state index < -0.39 is 64.4 Å². The van der Waals surface area contributed by atoms with Crippen molar-refractivity contribution < 1.29 is 62.3 Å². The smallest absolute Gasteiger partial charge is 0.306 e. The van der Waals surface area contributed by atoms with Crippen molar-refractivity contribution in [1.29, 1.82) is 0 Å². The Bertz CT molecular complexity index is 2120. The van der Waals surface area contributed by atoms with Gasteiger partial charge < -0.3 is 38.8 Å². The highest BCUT2D eigenvalue weighted by molar-refractivity contribution is 6.01. The van der Waals surface area contributed by atoms with Crippen molar-refractivity contribution in [2.75, 3.05) is 39.5 Å². The van der Waals surface area contributed by atoms with Crippen LogP contribution in [-0.2, 0) is 47.7 Å². The van der Waals surface area contributed by atoms with Crippen LogP contribution in [0, 0.1) is 22.7 Å². The number of halogens is 1. The van der Waals surface area contributed by atoms with Crippen LogP contribution in [0.5, 0.6) is 0 Å². The Hall–Kier alpha value is -3.56. The van der Waals surface area contributed by atoms with E-state index in [0.717, 1.165) is 77.3 Å². The molecule has 0 aromatic carbocycles. The van der Waals surface area contributed by atoms with E-state index in [1.165, 1.54) is 115 Å². The average Bonchev–Trinajstić information content (AvgIpc) is 1.41. The molecule has 3 saturated carbocycles. The number of aliphatic hydroxyl groups is 2. The van der Waals surface area contributed by atoms with Crippen molar-refractivity contribution >= 4 is 29.5 Å². The zero-order chi connectivity index (χ0) is 62.3. The second-order valence-corrected chi connectivity index (χ2v) is 27.0. The summed E-state index contributed by atoms with van der Waals surface area (Å²) in [5.74, 6) is -3.71. The lowest BCUT2D eigenvalue weighted by Crippen LogP contribution is -2.70. The number of Topliss-reactive ketones (excluding diaryl/α,β-unsaturated/α-hetero) is 1. The Labute approximate surface area is 519 Å². The van der Waals surface area contributed by atoms with E-state index in [4.69, 9.17) is 23.7 Å². The van der Waals surface area contributed by atoms with Crippen LogP contribution < -0.4 is 0 Å². The molecule has 86 heavy (non-hydrogen) atoms. The number of nitrogens with zero attached hydrogens (tertiary/aromatic N) is 1. The van der Waals surface area contributed by atoms with Crippen molar-refractivity contribution in [2.24, 2.45) is 22.7 Å². The number of ketones is 2. The van der Waals surface area contributed by atoms with Gasteiger partial charge in [-0.2, -0.15) is 0 Å². The molecule has 8 atom stereocenters. The molecule has 5 aliphatic rings. The minimum absolute atomic E-state index is 0.0665. The fraction of sp³-hybridized carbons (Fsp3) is 0.819. The van der Waals surface area contributed by atoms with Gasteiger partial charge in [-0.05, 0) is 155 Å². The van der Waals surface area contributed by atoms with Crippen molar-refractivity contribution in [3.05, 3.63) is 48.1 Å². The number of carbonyl (C=O) groups is 5.